The van der Waals surface area contributed by atoms with Crippen molar-refractivity contribution >= 4 is 38.9 Å². The molecule has 3 nitrogen and oxygen atoms in total. The molecule has 0 unspecified atom stereocenters. The first-order valence-electron chi connectivity index (χ1n) is 6.48. The molecule has 1 aromatic carbocycles. The Morgan fingerprint density at radius 2 is 2.10 bits per heavy atom. The molecular weight excluding hydrogens is 336 g/mol. The number of amides is 1. The van der Waals surface area contributed by atoms with E-state index in [4.69, 9.17) is 0 Å². The summed E-state index contributed by atoms with van der Waals surface area (Å²) in [6, 6.07) is 12.0. The minimum Gasteiger partial charge on any atom is -0.363 e. The fourth-order valence-corrected chi connectivity index (χ4v) is 3.28. The number of likely N-dealkylation sites (N-methyl/N-ethyl adjacent to an activating group) is 1. The predicted octanol–water partition coefficient (Wildman–Crippen LogP) is 3.65. The number of hydrogen-bond acceptors (Lipinski definition) is 3. The van der Waals surface area contributed by atoms with Gasteiger partial charge in [0.2, 0.25) is 5.91 Å². The highest BCUT2D eigenvalue weighted by Gasteiger charge is 2.09. The molecule has 0 radical (unpaired) electrons. The first-order chi connectivity index (χ1) is 9.69. The summed E-state index contributed by atoms with van der Waals surface area (Å²) in [4.78, 5) is 15.2. The molecule has 0 fully saturated rings. The largest absolute Gasteiger partial charge is 0.363 e. The van der Waals surface area contributed by atoms with Gasteiger partial charge >= 0.3 is 0 Å². The van der Waals surface area contributed by atoms with Crippen LogP contribution in [-0.4, -0.2) is 19.0 Å². The Labute approximate surface area is 131 Å². The van der Waals surface area contributed by atoms with E-state index >= 15 is 0 Å². The van der Waals surface area contributed by atoms with Gasteiger partial charge in [-0.2, -0.15) is 0 Å². The van der Waals surface area contributed by atoms with Crippen molar-refractivity contribution in [2.24, 2.45) is 0 Å². The summed E-state index contributed by atoms with van der Waals surface area (Å²) < 4.78 is 1.06. The van der Waals surface area contributed by atoms with Crippen molar-refractivity contribution in [1.82, 2.24) is 5.32 Å². The smallest absolute Gasteiger partial charge is 0.239 e. The maximum atomic E-state index is 12.0. The molecule has 1 aromatic heterocycles. The van der Waals surface area contributed by atoms with E-state index in [-0.39, 0.29) is 5.91 Å². The van der Waals surface area contributed by atoms with Crippen LogP contribution in [0.5, 0.6) is 0 Å². The van der Waals surface area contributed by atoms with E-state index < -0.39 is 0 Å². The number of halogens is 1. The maximum absolute atomic E-state index is 12.0. The van der Waals surface area contributed by atoms with E-state index in [1.165, 1.54) is 0 Å². The molecule has 0 bridgehead atoms. The second-order valence-corrected chi connectivity index (χ2v) is 6.27. The number of anilines is 1. The lowest BCUT2D eigenvalue weighted by Crippen LogP contribution is -2.36. The second-order valence-electron chi connectivity index (χ2n) is 4.36. The fraction of sp³-hybridized carbons (Fsp3) is 0.267. The Morgan fingerprint density at radius 3 is 2.70 bits per heavy atom. The van der Waals surface area contributed by atoms with Gasteiger partial charge in [-0.3, -0.25) is 4.79 Å². The number of benzene rings is 1. The lowest BCUT2D eigenvalue weighted by molar-refractivity contribution is -0.119. The quantitative estimate of drug-likeness (QED) is 0.860. The van der Waals surface area contributed by atoms with E-state index in [9.17, 15) is 4.79 Å². The Hall–Kier alpha value is -1.33. The van der Waals surface area contributed by atoms with Gasteiger partial charge in [0.15, 0.2) is 0 Å². The normalized spacial score (nSPS) is 10.3. The molecule has 1 heterocycles. The van der Waals surface area contributed by atoms with Crippen molar-refractivity contribution < 1.29 is 4.79 Å². The number of thiophene rings is 1. The minimum atomic E-state index is 0.0419. The summed E-state index contributed by atoms with van der Waals surface area (Å²) >= 11 is 5.05. The van der Waals surface area contributed by atoms with Crippen LogP contribution >= 0.6 is 27.3 Å². The summed E-state index contributed by atoms with van der Waals surface area (Å²) in [5, 5.41) is 4.97. The van der Waals surface area contributed by atoms with Crippen LogP contribution in [0.25, 0.3) is 0 Å². The third-order valence-electron chi connectivity index (χ3n) is 2.92. The van der Waals surface area contributed by atoms with E-state index in [2.05, 4.69) is 33.1 Å². The van der Waals surface area contributed by atoms with Crippen LogP contribution < -0.4 is 10.2 Å². The van der Waals surface area contributed by atoms with Gasteiger partial charge in [0, 0.05) is 27.0 Å². The fourth-order valence-electron chi connectivity index (χ4n) is 1.89. The van der Waals surface area contributed by atoms with Gasteiger partial charge in [0.1, 0.15) is 0 Å². The van der Waals surface area contributed by atoms with Crippen molar-refractivity contribution in [3.63, 3.8) is 0 Å². The van der Waals surface area contributed by atoms with Crippen molar-refractivity contribution in [3.8, 4) is 0 Å². The van der Waals surface area contributed by atoms with Crippen LogP contribution in [-0.2, 0) is 11.3 Å². The van der Waals surface area contributed by atoms with Gasteiger partial charge in [-0.15, -0.1) is 11.3 Å². The Balaban J connectivity index is 1.86. The minimum absolute atomic E-state index is 0.0419. The molecule has 0 aliphatic rings. The van der Waals surface area contributed by atoms with Crippen LogP contribution in [0.3, 0.4) is 0 Å². The van der Waals surface area contributed by atoms with E-state index in [0.717, 1.165) is 21.6 Å². The van der Waals surface area contributed by atoms with Crippen LogP contribution in [0.4, 0.5) is 5.69 Å². The Morgan fingerprint density at radius 1 is 1.35 bits per heavy atom. The topological polar surface area (TPSA) is 32.3 Å². The van der Waals surface area contributed by atoms with Crippen molar-refractivity contribution in [2.45, 2.75) is 13.5 Å². The average molecular weight is 353 g/mol. The lowest BCUT2D eigenvalue weighted by Gasteiger charge is -2.22. The van der Waals surface area contributed by atoms with E-state index in [1.54, 1.807) is 11.3 Å². The molecule has 1 amide bonds. The van der Waals surface area contributed by atoms with Gasteiger partial charge in [0.25, 0.3) is 0 Å². The molecule has 5 heteroatoms. The van der Waals surface area contributed by atoms with Crippen LogP contribution in [0.1, 0.15) is 11.8 Å². The molecule has 0 spiro atoms. The molecule has 0 saturated heterocycles. The number of para-hydroxylation sites is 1. The summed E-state index contributed by atoms with van der Waals surface area (Å²) in [6.45, 7) is 3.83. The highest BCUT2D eigenvalue weighted by molar-refractivity contribution is 9.10. The van der Waals surface area contributed by atoms with Gasteiger partial charge < -0.3 is 10.2 Å². The number of hydrogen-bond donors (Lipinski definition) is 1. The average Bonchev–Trinajstić information content (AvgIpc) is 2.89. The molecule has 2 rings (SSSR count). The highest BCUT2D eigenvalue weighted by Crippen LogP contribution is 2.19. The van der Waals surface area contributed by atoms with Gasteiger partial charge in [-0.1, -0.05) is 18.2 Å². The summed E-state index contributed by atoms with van der Waals surface area (Å²) in [5.74, 6) is 0.0419. The first-order valence-corrected chi connectivity index (χ1v) is 8.16. The molecule has 20 heavy (non-hydrogen) atoms. The molecule has 0 aliphatic carbocycles. The van der Waals surface area contributed by atoms with Crippen LogP contribution in [0.15, 0.2) is 46.3 Å². The lowest BCUT2D eigenvalue weighted by atomic mass is 10.3. The number of carbonyl (C=O) groups is 1. The van der Waals surface area contributed by atoms with Crippen molar-refractivity contribution in [2.75, 3.05) is 18.0 Å². The number of carbonyl (C=O) groups excluding carboxylic acids is 1. The Kier molecular flexibility index (Phi) is 5.61. The molecule has 2 aromatic rings. The molecule has 0 saturated carbocycles. The third-order valence-corrected chi connectivity index (χ3v) is 4.62. The van der Waals surface area contributed by atoms with Crippen molar-refractivity contribution in [1.29, 1.82) is 0 Å². The maximum Gasteiger partial charge on any atom is 0.239 e. The number of rotatable bonds is 6. The SMILES string of the molecule is CCN(CC(=O)NCc1cc(Br)cs1)c1ccccc1. The van der Waals surface area contributed by atoms with E-state index in [0.29, 0.717) is 13.1 Å². The van der Waals surface area contributed by atoms with Crippen LogP contribution in [0.2, 0.25) is 0 Å². The summed E-state index contributed by atoms with van der Waals surface area (Å²) in [5.41, 5.74) is 1.07. The van der Waals surface area contributed by atoms with Gasteiger partial charge in [-0.05, 0) is 41.1 Å². The molecular formula is C15H17BrN2OS. The third kappa shape index (κ3) is 4.35. The monoisotopic (exact) mass is 352 g/mol. The van der Waals surface area contributed by atoms with Crippen molar-refractivity contribution in [3.05, 3.63) is 51.1 Å². The zero-order valence-corrected chi connectivity index (χ0v) is 13.7. The predicted molar refractivity (Wildman–Crippen MR) is 88.2 cm³/mol. The zero-order chi connectivity index (χ0) is 14.4. The first kappa shape index (κ1) is 15.1. The molecule has 106 valence electrons. The molecule has 0 atom stereocenters. The summed E-state index contributed by atoms with van der Waals surface area (Å²) in [6.07, 6.45) is 0. The number of nitrogens with zero attached hydrogens (tertiary/aromatic N) is 1. The number of nitrogens with one attached hydrogen (secondary N) is 1. The molecule has 0 aliphatic heterocycles. The summed E-state index contributed by atoms with van der Waals surface area (Å²) in [7, 11) is 0. The van der Waals surface area contributed by atoms with E-state index in [1.807, 2.05) is 41.8 Å². The molecule has 1 N–H and O–H groups in total. The highest BCUT2D eigenvalue weighted by atomic mass is 79.9. The standard InChI is InChI=1S/C15H17BrN2OS/c1-2-18(13-6-4-3-5-7-13)10-15(19)17-9-14-8-12(16)11-20-14/h3-8,11H,2,9-10H2,1H3,(H,17,19). The Bertz CT molecular complexity index is 556. The van der Waals surface area contributed by atoms with Crippen LogP contribution in [0, 0.1) is 0 Å². The zero-order valence-electron chi connectivity index (χ0n) is 11.3. The van der Waals surface area contributed by atoms with Gasteiger partial charge in [-0.25, -0.2) is 0 Å². The van der Waals surface area contributed by atoms with Gasteiger partial charge in [0.05, 0.1) is 13.1 Å². The second kappa shape index (κ2) is 7.45.